The maximum atomic E-state index is 13.6. The molecule has 3 rings (SSSR count). The molecule has 156 valence electrons. The van der Waals surface area contributed by atoms with Crippen molar-refractivity contribution in [2.24, 2.45) is 0 Å². The monoisotopic (exact) mass is 422 g/mol. The van der Waals surface area contributed by atoms with Gasteiger partial charge in [0.25, 0.3) is 0 Å². The summed E-state index contributed by atoms with van der Waals surface area (Å²) >= 11 is 0. The number of nitrogens with zero attached hydrogens (tertiary/aromatic N) is 1. The minimum Gasteiger partial charge on any atom is -0.325 e. The zero-order valence-corrected chi connectivity index (χ0v) is 18.2. The second-order valence-electron chi connectivity index (χ2n) is 7.40. The number of hydrogen-bond acceptors (Lipinski definition) is 3. The summed E-state index contributed by atoms with van der Waals surface area (Å²) in [6.45, 7) is 5.34. The van der Waals surface area contributed by atoms with Crippen molar-refractivity contribution in [3.63, 3.8) is 0 Å². The second kappa shape index (κ2) is 9.24. The smallest absolute Gasteiger partial charge is 0.244 e. The standard InChI is InChI=1S/C24H26N2O3S/c1-18-14-19(2)24(20(3)15-18)30(28,29)26(16-21-10-6-4-7-11-21)17-23(27)25-22-12-8-5-9-13-22/h4-15H,16-17H2,1-3H3,(H,25,27). The van der Waals surface area contributed by atoms with Gasteiger partial charge in [-0.05, 0) is 49.6 Å². The third-order valence-electron chi connectivity index (χ3n) is 4.78. The number of benzene rings is 3. The van der Waals surface area contributed by atoms with E-state index in [9.17, 15) is 13.2 Å². The Labute approximate surface area is 178 Å². The molecule has 0 aliphatic carbocycles. The molecule has 0 heterocycles. The van der Waals surface area contributed by atoms with Crippen molar-refractivity contribution in [1.29, 1.82) is 0 Å². The van der Waals surface area contributed by atoms with E-state index in [0.717, 1.165) is 11.1 Å². The number of nitrogens with one attached hydrogen (secondary N) is 1. The maximum Gasteiger partial charge on any atom is 0.244 e. The maximum absolute atomic E-state index is 13.6. The molecule has 0 saturated carbocycles. The SMILES string of the molecule is Cc1cc(C)c(S(=O)(=O)N(CC(=O)Nc2ccccc2)Cc2ccccc2)c(C)c1. The summed E-state index contributed by atoms with van der Waals surface area (Å²) in [7, 11) is -3.89. The molecule has 0 aliphatic rings. The molecule has 0 radical (unpaired) electrons. The summed E-state index contributed by atoms with van der Waals surface area (Å²) in [6.07, 6.45) is 0. The summed E-state index contributed by atoms with van der Waals surface area (Å²) in [6, 6.07) is 22.0. The highest BCUT2D eigenvalue weighted by Gasteiger charge is 2.30. The molecule has 0 saturated heterocycles. The fourth-order valence-electron chi connectivity index (χ4n) is 3.60. The number of rotatable bonds is 7. The third kappa shape index (κ3) is 5.14. The van der Waals surface area contributed by atoms with Gasteiger partial charge in [-0.25, -0.2) is 8.42 Å². The van der Waals surface area contributed by atoms with E-state index in [0.29, 0.717) is 16.8 Å². The van der Waals surface area contributed by atoms with Crippen molar-refractivity contribution in [3.8, 4) is 0 Å². The first-order valence-electron chi connectivity index (χ1n) is 9.74. The van der Waals surface area contributed by atoms with Crippen LogP contribution in [0.3, 0.4) is 0 Å². The molecule has 5 nitrogen and oxygen atoms in total. The molecule has 3 aromatic carbocycles. The predicted molar refractivity (Wildman–Crippen MR) is 120 cm³/mol. The van der Waals surface area contributed by atoms with Gasteiger partial charge in [-0.15, -0.1) is 0 Å². The number of sulfonamides is 1. The Morgan fingerprint density at radius 1 is 0.867 bits per heavy atom. The quantitative estimate of drug-likeness (QED) is 0.612. The number of amides is 1. The van der Waals surface area contributed by atoms with E-state index < -0.39 is 10.0 Å². The van der Waals surface area contributed by atoms with Gasteiger partial charge in [0, 0.05) is 12.2 Å². The van der Waals surface area contributed by atoms with Gasteiger partial charge in [0.05, 0.1) is 11.4 Å². The molecule has 0 aliphatic heterocycles. The Hall–Kier alpha value is -2.96. The average Bonchev–Trinajstić information content (AvgIpc) is 2.68. The zero-order valence-electron chi connectivity index (χ0n) is 17.4. The molecule has 30 heavy (non-hydrogen) atoms. The molecule has 3 aromatic rings. The van der Waals surface area contributed by atoms with Crippen LogP contribution in [0.2, 0.25) is 0 Å². The summed E-state index contributed by atoms with van der Waals surface area (Å²) < 4.78 is 28.5. The van der Waals surface area contributed by atoms with Crippen LogP contribution in [0.25, 0.3) is 0 Å². The van der Waals surface area contributed by atoms with Crippen LogP contribution < -0.4 is 5.32 Å². The van der Waals surface area contributed by atoms with Gasteiger partial charge in [-0.3, -0.25) is 4.79 Å². The van der Waals surface area contributed by atoms with Gasteiger partial charge in [-0.1, -0.05) is 66.2 Å². The van der Waals surface area contributed by atoms with Gasteiger partial charge in [-0.2, -0.15) is 4.31 Å². The van der Waals surface area contributed by atoms with Crippen molar-refractivity contribution in [2.45, 2.75) is 32.2 Å². The Bertz CT molecular complexity index is 1100. The number of aryl methyl sites for hydroxylation is 3. The normalized spacial score (nSPS) is 11.5. The Kier molecular flexibility index (Phi) is 6.70. The molecule has 1 amide bonds. The first-order chi connectivity index (χ1) is 14.3. The van der Waals surface area contributed by atoms with Gasteiger partial charge >= 0.3 is 0 Å². The average molecular weight is 423 g/mol. The van der Waals surface area contributed by atoms with E-state index in [1.54, 1.807) is 26.0 Å². The highest BCUT2D eigenvalue weighted by atomic mass is 32.2. The van der Waals surface area contributed by atoms with Crippen molar-refractivity contribution in [3.05, 3.63) is 95.1 Å². The van der Waals surface area contributed by atoms with Gasteiger partial charge in [0.15, 0.2) is 0 Å². The first kappa shape index (κ1) is 21.7. The lowest BCUT2D eigenvalue weighted by Crippen LogP contribution is -2.38. The van der Waals surface area contributed by atoms with E-state index in [1.165, 1.54) is 4.31 Å². The number of anilines is 1. The first-order valence-corrected chi connectivity index (χ1v) is 11.2. The lowest BCUT2D eigenvalue weighted by Gasteiger charge is -2.24. The molecule has 0 unspecified atom stereocenters. The minimum atomic E-state index is -3.89. The third-order valence-corrected chi connectivity index (χ3v) is 6.88. The lowest BCUT2D eigenvalue weighted by atomic mass is 10.1. The molecule has 0 atom stereocenters. The number of para-hydroxylation sites is 1. The van der Waals surface area contributed by atoms with Gasteiger partial charge in [0.2, 0.25) is 15.9 Å². The summed E-state index contributed by atoms with van der Waals surface area (Å²) in [5, 5.41) is 2.78. The van der Waals surface area contributed by atoms with Crippen molar-refractivity contribution < 1.29 is 13.2 Å². The van der Waals surface area contributed by atoms with Crippen LogP contribution in [0.5, 0.6) is 0 Å². The number of hydrogen-bond donors (Lipinski definition) is 1. The van der Waals surface area contributed by atoms with E-state index in [1.807, 2.05) is 67.6 Å². The highest BCUT2D eigenvalue weighted by molar-refractivity contribution is 7.89. The Balaban J connectivity index is 1.95. The topological polar surface area (TPSA) is 66.5 Å². The fraction of sp³-hybridized carbons (Fsp3) is 0.208. The van der Waals surface area contributed by atoms with Crippen molar-refractivity contribution >= 4 is 21.6 Å². The van der Waals surface area contributed by atoms with Gasteiger partial charge in [0.1, 0.15) is 0 Å². The summed E-state index contributed by atoms with van der Waals surface area (Å²) in [5.41, 5.74) is 3.79. The van der Waals surface area contributed by atoms with Crippen LogP contribution in [0, 0.1) is 20.8 Å². The molecule has 0 spiro atoms. The van der Waals surface area contributed by atoms with Crippen LogP contribution in [0.4, 0.5) is 5.69 Å². The summed E-state index contributed by atoms with van der Waals surface area (Å²) in [5.74, 6) is -0.386. The van der Waals surface area contributed by atoms with E-state index >= 15 is 0 Å². The van der Waals surface area contributed by atoms with Crippen LogP contribution in [-0.2, 0) is 21.4 Å². The van der Waals surface area contributed by atoms with E-state index in [2.05, 4.69) is 5.32 Å². The van der Waals surface area contributed by atoms with Crippen LogP contribution >= 0.6 is 0 Å². The minimum absolute atomic E-state index is 0.109. The Morgan fingerprint density at radius 3 is 1.97 bits per heavy atom. The predicted octanol–water partition coefficient (Wildman–Crippen LogP) is 4.44. The molecule has 0 aromatic heterocycles. The molecular formula is C24H26N2O3S. The molecule has 1 N–H and O–H groups in total. The number of carbonyl (C=O) groups excluding carboxylic acids is 1. The van der Waals surface area contributed by atoms with Crippen LogP contribution in [0.15, 0.2) is 77.7 Å². The second-order valence-corrected chi connectivity index (χ2v) is 9.28. The van der Waals surface area contributed by atoms with Crippen molar-refractivity contribution in [1.82, 2.24) is 4.31 Å². The Morgan fingerprint density at radius 2 is 1.40 bits per heavy atom. The summed E-state index contributed by atoms with van der Waals surface area (Å²) in [4.78, 5) is 13.0. The highest BCUT2D eigenvalue weighted by Crippen LogP contribution is 2.26. The largest absolute Gasteiger partial charge is 0.325 e. The number of carbonyl (C=O) groups is 1. The van der Waals surface area contributed by atoms with E-state index in [-0.39, 0.29) is 23.9 Å². The van der Waals surface area contributed by atoms with Crippen molar-refractivity contribution in [2.75, 3.05) is 11.9 Å². The lowest BCUT2D eigenvalue weighted by molar-refractivity contribution is -0.116. The van der Waals surface area contributed by atoms with Gasteiger partial charge < -0.3 is 5.32 Å². The van der Waals surface area contributed by atoms with Crippen LogP contribution in [0.1, 0.15) is 22.3 Å². The molecule has 0 fully saturated rings. The fourth-order valence-corrected chi connectivity index (χ4v) is 5.39. The molecular weight excluding hydrogens is 396 g/mol. The molecule has 0 bridgehead atoms. The zero-order chi connectivity index (χ0) is 21.7. The molecule has 6 heteroatoms. The van der Waals surface area contributed by atoms with E-state index in [4.69, 9.17) is 0 Å². The van der Waals surface area contributed by atoms with Crippen LogP contribution in [-0.4, -0.2) is 25.2 Å².